The van der Waals surface area contributed by atoms with Crippen molar-refractivity contribution in [1.82, 2.24) is 0 Å². The number of hydrogen-bond donors (Lipinski definition) is 0. The summed E-state index contributed by atoms with van der Waals surface area (Å²) in [5, 5.41) is 0. The highest BCUT2D eigenvalue weighted by molar-refractivity contribution is 9.10. The molecule has 1 aliphatic rings. The molecule has 98 valence electrons. The van der Waals surface area contributed by atoms with Crippen LogP contribution in [0.1, 0.15) is 23.7 Å². The molecule has 1 aromatic carbocycles. The van der Waals surface area contributed by atoms with E-state index in [1.165, 1.54) is 19.2 Å². The van der Waals surface area contributed by atoms with Gasteiger partial charge in [0.25, 0.3) is 0 Å². The molecule has 1 heterocycles. The number of carbonyl (C=O) groups excluding carboxylic acids is 1. The predicted molar refractivity (Wildman–Crippen MR) is 68.5 cm³/mol. The van der Waals surface area contributed by atoms with Gasteiger partial charge in [0.15, 0.2) is 5.78 Å². The van der Waals surface area contributed by atoms with Gasteiger partial charge < -0.3 is 9.47 Å². The van der Waals surface area contributed by atoms with Gasteiger partial charge >= 0.3 is 0 Å². The van der Waals surface area contributed by atoms with Crippen LogP contribution in [0.4, 0.5) is 4.39 Å². The Labute approximate surface area is 113 Å². The second-order valence-corrected chi connectivity index (χ2v) is 5.26. The Morgan fingerprint density at radius 3 is 2.83 bits per heavy atom. The van der Waals surface area contributed by atoms with Crippen LogP contribution in [0.2, 0.25) is 0 Å². The fraction of sp³-hybridized carbons (Fsp3) is 0.462. The van der Waals surface area contributed by atoms with Crippen LogP contribution in [0.15, 0.2) is 16.6 Å². The van der Waals surface area contributed by atoms with Crippen LogP contribution in [0.3, 0.4) is 0 Å². The second-order valence-electron chi connectivity index (χ2n) is 4.41. The van der Waals surface area contributed by atoms with Crippen molar-refractivity contribution in [3.63, 3.8) is 0 Å². The van der Waals surface area contributed by atoms with Gasteiger partial charge in [-0.05, 0) is 35.3 Å². The lowest BCUT2D eigenvalue weighted by atomic mass is 9.95. The van der Waals surface area contributed by atoms with Crippen molar-refractivity contribution in [2.45, 2.75) is 19.4 Å². The molecule has 0 N–H and O–H groups in total. The molecule has 2 atom stereocenters. The minimum atomic E-state index is -0.445. The van der Waals surface area contributed by atoms with Crippen LogP contribution in [0, 0.1) is 11.7 Å². The van der Waals surface area contributed by atoms with Crippen LogP contribution in [0.5, 0.6) is 5.75 Å². The maximum atomic E-state index is 13.4. The summed E-state index contributed by atoms with van der Waals surface area (Å²) in [4.78, 5) is 12.3. The molecule has 0 saturated carbocycles. The molecule has 1 saturated heterocycles. The highest BCUT2D eigenvalue weighted by Crippen LogP contribution is 2.31. The zero-order valence-electron chi connectivity index (χ0n) is 10.2. The number of hydrogen-bond acceptors (Lipinski definition) is 3. The first kappa shape index (κ1) is 13.5. The zero-order valence-corrected chi connectivity index (χ0v) is 11.8. The van der Waals surface area contributed by atoms with E-state index in [0.29, 0.717) is 18.6 Å². The van der Waals surface area contributed by atoms with Gasteiger partial charge in [0.05, 0.1) is 29.9 Å². The number of ether oxygens (including phenoxy) is 2. The van der Waals surface area contributed by atoms with Crippen molar-refractivity contribution < 1.29 is 18.7 Å². The van der Waals surface area contributed by atoms with Crippen molar-refractivity contribution in [2.75, 3.05) is 13.7 Å². The van der Waals surface area contributed by atoms with Gasteiger partial charge in [-0.1, -0.05) is 0 Å². The first-order chi connectivity index (χ1) is 8.52. The summed E-state index contributed by atoms with van der Waals surface area (Å²) in [5.74, 6) is -0.414. The first-order valence-electron chi connectivity index (χ1n) is 5.71. The molecule has 1 aliphatic heterocycles. The Hall–Kier alpha value is -0.940. The van der Waals surface area contributed by atoms with Gasteiger partial charge in [-0.2, -0.15) is 0 Å². The quantitative estimate of drug-likeness (QED) is 0.803. The summed E-state index contributed by atoms with van der Waals surface area (Å²) in [6, 6.07) is 2.69. The van der Waals surface area contributed by atoms with Crippen LogP contribution >= 0.6 is 15.9 Å². The molecule has 0 aromatic heterocycles. The predicted octanol–water partition coefficient (Wildman–Crippen LogP) is 3.20. The molecule has 3 nitrogen and oxygen atoms in total. The van der Waals surface area contributed by atoms with Gasteiger partial charge in [0.2, 0.25) is 0 Å². The summed E-state index contributed by atoms with van der Waals surface area (Å²) < 4.78 is 24.1. The summed E-state index contributed by atoms with van der Waals surface area (Å²) in [6.07, 6.45) is 0.783. The van der Waals surface area contributed by atoms with E-state index >= 15 is 0 Å². The number of carbonyl (C=O) groups is 1. The van der Waals surface area contributed by atoms with E-state index in [9.17, 15) is 9.18 Å². The van der Waals surface area contributed by atoms with Crippen LogP contribution in [-0.2, 0) is 4.74 Å². The van der Waals surface area contributed by atoms with E-state index in [4.69, 9.17) is 9.47 Å². The average molecular weight is 317 g/mol. The van der Waals surface area contributed by atoms with Gasteiger partial charge in [0, 0.05) is 12.0 Å². The van der Waals surface area contributed by atoms with Crippen molar-refractivity contribution >= 4 is 21.7 Å². The van der Waals surface area contributed by atoms with Gasteiger partial charge in [-0.15, -0.1) is 0 Å². The third kappa shape index (κ3) is 2.57. The first-order valence-corrected chi connectivity index (χ1v) is 6.51. The molecule has 2 rings (SSSR count). The summed E-state index contributed by atoms with van der Waals surface area (Å²) in [5.41, 5.74) is 0.397. The monoisotopic (exact) mass is 316 g/mol. The smallest absolute Gasteiger partial charge is 0.172 e. The Morgan fingerprint density at radius 2 is 2.28 bits per heavy atom. The lowest BCUT2D eigenvalue weighted by Crippen LogP contribution is -2.16. The highest BCUT2D eigenvalue weighted by Gasteiger charge is 2.31. The summed E-state index contributed by atoms with van der Waals surface area (Å²) >= 11 is 3.08. The molecule has 0 radical (unpaired) electrons. The van der Waals surface area contributed by atoms with Crippen LogP contribution in [0.25, 0.3) is 0 Å². The lowest BCUT2D eigenvalue weighted by Gasteiger charge is -2.12. The minimum Gasteiger partial charge on any atom is -0.496 e. The molecule has 0 aliphatic carbocycles. The Kier molecular flexibility index (Phi) is 4.02. The van der Waals surface area contributed by atoms with Crippen molar-refractivity contribution in [3.05, 3.63) is 28.0 Å². The minimum absolute atomic E-state index is 0.0584. The highest BCUT2D eigenvalue weighted by atomic mass is 79.9. The number of halogens is 2. The van der Waals surface area contributed by atoms with E-state index in [1.54, 1.807) is 0 Å². The number of rotatable bonds is 3. The SMILES string of the molecule is COc1cc(F)c(Br)cc1C(=O)C1COC(C)C1. The molecule has 1 aromatic rings. The number of methoxy groups -OCH3 is 1. The number of Topliss-reactive ketones (excluding diaryl/α,β-unsaturated/α-hetero) is 1. The second kappa shape index (κ2) is 5.36. The summed E-state index contributed by atoms with van der Waals surface area (Å²) in [7, 11) is 1.42. The third-order valence-electron chi connectivity index (χ3n) is 3.08. The van der Waals surface area contributed by atoms with Crippen molar-refractivity contribution in [3.8, 4) is 5.75 Å². The number of benzene rings is 1. The Bertz CT molecular complexity index is 476. The molecule has 1 fully saturated rings. The van der Waals surface area contributed by atoms with Gasteiger partial charge in [0.1, 0.15) is 11.6 Å². The van der Waals surface area contributed by atoms with E-state index < -0.39 is 5.82 Å². The van der Waals surface area contributed by atoms with Gasteiger partial charge in [-0.25, -0.2) is 4.39 Å². The standard InChI is InChI=1S/C13H14BrFO3/c1-7-3-8(6-18-7)13(16)9-4-10(14)11(15)5-12(9)17-2/h4-5,7-8H,3,6H2,1-2H3. The molecule has 18 heavy (non-hydrogen) atoms. The zero-order chi connectivity index (χ0) is 13.3. The van der Waals surface area contributed by atoms with E-state index in [-0.39, 0.29) is 28.0 Å². The molecule has 0 amide bonds. The van der Waals surface area contributed by atoms with Crippen LogP contribution < -0.4 is 4.74 Å². The molecular formula is C13H14BrFO3. The molecule has 0 bridgehead atoms. The molecule has 2 unspecified atom stereocenters. The fourth-order valence-electron chi connectivity index (χ4n) is 2.11. The molecular weight excluding hydrogens is 303 g/mol. The molecule has 0 spiro atoms. The van der Waals surface area contributed by atoms with Gasteiger partial charge in [-0.3, -0.25) is 4.79 Å². The normalized spacial score (nSPS) is 23.1. The third-order valence-corrected chi connectivity index (χ3v) is 3.68. The van der Waals surface area contributed by atoms with E-state index in [2.05, 4.69) is 15.9 Å². The largest absolute Gasteiger partial charge is 0.496 e. The Morgan fingerprint density at radius 1 is 1.56 bits per heavy atom. The topological polar surface area (TPSA) is 35.5 Å². The maximum absolute atomic E-state index is 13.4. The van der Waals surface area contributed by atoms with Crippen molar-refractivity contribution in [2.24, 2.45) is 5.92 Å². The van der Waals surface area contributed by atoms with Crippen LogP contribution in [-0.4, -0.2) is 25.6 Å². The Balaban J connectivity index is 2.32. The average Bonchev–Trinajstić information content (AvgIpc) is 2.78. The van der Waals surface area contributed by atoms with Crippen molar-refractivity contribution in [1.29, 1.82) is 0 Å². The lowest BCUT2D eigenvalue weighted by molar-refractivity contribution is 0.0874. The van der Waals surface area contributed by atoms with E-state index in [0.717, 1.165) is 0 Å². The fourth-order valence-corrected chi connectivity index (χ4v) is 2.45. The summed E-state index contributed by atoms with van der Waals surface area (Å²) in [6.45, 7) is 2.35. The maximum Gasteiger partial charge on any atom is 0.172 e. The molecule has 5 heteroatoms. The van der Waals surface area contributed by atoms with E-state index in [1.807, 2.05) is 6.92 Å². The number of ketones is 1.